The summed E-state index contributed by atoms with van der Waals surface area (Å²) in [5.41, 5.74) is -1.09. The molecule has 0 bridgehead atoms. The van der Waals surface area contributed by atoms with Gasteiger partial charge in [-0.05, 0) is 45.4 Å². The van der Waals surface area contributed by atoms with Crippen molar-refractivity contribution in [2.24, 2.45) is 0 Å². The maximum atomic E-state index is 12.2. The Labute approximate surface area is 215 Å². The molecule has 14 heteroatoms. The van der Waals surface area contributed by atoms with Crippen molar-refractivity contribution in [1.82, 2.24) is 0 Å². The molecule has 0 N–H and O–H groups in total. The van der Waals surface area contributed by atoms with E-state index in [1.165, 1.54) is 6.92 Å². The lowest BCUT2D eigenvalue weighted by molar-refractivity contribution is 0.161. The first-order valence-corrected chi connectivity index (χ1v) is 18.0. The van der Waals surface area contributed by atoms with Crippen LogP contribution >= 0.6 is 0 Å². The van der Waals surface area contributed by atoms with Gasteiger partial charge in [-0.2, -0.15) is 16.8 Å². The van der Waals surface area contributed by atoms with Gasteiger partial charge in [0.2, 0.25) is 0 Å². The van der Waals surface area contributed by atoms with Crippen molar-refractivity contribution >= 4 is 42.4 Å². The summed E-state index contributed by atoms with van der Waals surface area (Å²) < 4.78 is 92.9. The molecule has 208 valence electrons. The third kappa shape index (κ3) is 14.0. The van der Waals surface area contributed by atoms with Crippen LogP contribution in [0.3, 0.4) is 0 Å². The maximum absolute atomic E-state index is 12.2. The molecule has 10 nitrogen and oxygen atoms in total. The Morgan fingerprint density at radius 1 is 0.714 bits per heavy atom. The van der Waals surface area contributed by atoms with Gasteiger partial charge in [0.15, 0.2) is 33.5 Å². The zero-order valence-electron chi connectivity index (χ0n) is 20.5. The Balaban J connectivity index is 1.55. The molecule has 0 aromatic carbocycles. The number of hydrogen-bond donors (Lipinski definition) is 0. The Bertz CT molecular complexity index is 863. The van der Waals surface area contributed by atoms with E-state index < -0.39 is 53.8 Å². The van der Waals surface area contributed by atoms with Gasteiger partial charge in [-0.15, -0.1) is 0 Å². The molecular formula is C21H40O10S4. The van der Waals surface area contributed by atoms with Crippen LogP contribution in [0.25, 0.3) is 0 Å². The zero-order chi connectivity index (χ0) is 25.7. The third-order valence-corrected chi connectivity index (χ3v) is 10.8. The minimum Gasteiger partial charge on any atom is -0.285 e. The summed E-state index contributed by atoms with van der Waals surface area (Å²) >= 11 is -3.66. The molecule has 0 saturated heterocycles. The molecule has 2 saturated carbocycles. The van der Waals surface area contributed by atoms with Crippen LogP contribution in [0.4, 0.5) is 0 Å². The van der Waals surface area contributed by atoms with Gasteiger partial charge in [0, 0.05) is 0 Å². The molecule has 2 aliphatic carbocycles. The van der Waals surface area contributed by atoms with Crippen LogP contribution in [0.5, 0.6) is 0 Å². The first-order valence-electron chi connectivity index (χ1n) is 12.5. The molecule has 0 aromatic heterocycles. The Hall–Kier alpha value is 0.0400. The van der Waals surface area contributed by atoms with Crippen LogP contribution in [-0.2, 0) is 59.1 Å². The first-order chi connectivity index (χ1) is 16.6. The van der Waals surface area contributed by atoms with E-state index >= 15 is 0 Å². The fourth-order valence-electron chi connectivity index (χ4n) is 4.08. The number of rotatable bonds is 17. The molecule has 0 amide bonds. The monoisotopic (exact) mass is 580 g/mol. The van der Waals surface area contributed by atoms with Crippen molar-refractivity contribution in [1.29, 1.82) is 0 Å². The Morgan fingerprint density at radius 3 is 1.74 bits per heavy atom. The van der Waals surface area contributed by atoms with E-state index in [1.54, 1.807) is 0 Å². The summed E-state index contributed by atoms with van der Waals surface area (Å²) in [6, 6.07) is 0. The minimum atomic E-state index is -3.88. The molecule has 35 heavy (non-hydrogen) atoms. The molecule has 2 rings (SSSR count). The molecule has 0 heterocycles. The van der Waals surface area contributed by atoms with Gasteiger partial charge in [-0.3, -0.25) is 16.7 Å². The number of hydrogen-bond acceptors (Lipinski definition) is 10. The van der Waals surface area contributed by atoms with Crippen LogP contribution < -0.4 is 0 Å². The first kappa shape index (κ1) is 31.3. The van der Waals surface area contributed by atoms with Crippen LogP contribution in [0, 0.1) is 0 Å². The highest BCUT2D eigenvalue weighted by Gasteiger charge is 2.25. The maximum Gasteiger partial charge on any atom is 0.268 e. The predicted molar refractivity (Wildman–Crippen MR) is 135 cm³/mol. The van der Waals surface area contributed by atoms with Gasteiger partial charge in [0.05, 0.1) is 23.7 Å². The van der Waals surface area contributed by atoms with Crippen LogP contribution in [0.2, 0.25) is 0 Å². The largest absolute Gasteiger partial charge is 0.285 e. The molecule has 2 fully saturated rings. The molecule has 3 atom stereocenters. The van der Waals surface area contributed by atoms with Crippen LogP contribution in [0.1, 0.15) is 96.8 Å². The van der Waals surface area contributed by atoms with Crippen LogP contribution in [0.15, 0.2) is 0 Å². The summed E-state index contributed by atoms with van der Waals surface area (Å²) in [6.07, 6.45) is 10.9. The number of unbranched alkanes of at least 4 members (excludes halogenated alkanes) is 3. The Morgan fingerprint density at radius 2 is 1.20 bits per heavy atom. The topological polar surface area (TPSA) is 139 Å². The second-order valence-corrected chi connectivity index (χ2v) is 15.0. The van der Waals surface area contributed by atoms with Crippen molar-refractivity contribution in [2.75, 3.05) is 17.4 Å². The normalized spacial score (nSPS) is 21.5. The third-order valence-electron chi connectivity index (χ3n) is 5.99. The summed E-state index contributed by atoms with van der Waals surface area (Å²) in [5, 5.41) is 0. The average Bonchev–Trinajstić information content (AvgIpc) is 2.81. The molecule has 0 aliphatic heterocycles. The minimum absolute atomic E-state index is 0.108. The van der Waals surface area contributed by atoms with Crippen molar-refractivity contribution in [2.45, 2.75) is 114 Å². The van der Waals surface area contributed by atoms with Crippen molar-refractivity contribution < 1.29 is 42.0 Å². The molecule has 0 spiro atoms. The van der Waals surface area contributed by atoms with Crippen molar-refractivity contribution in [3.63, 3.8) is 0 Å². The van der Waals surface area contributed by atoms with E-state index in [-0.39, 0.29) is 36.6 Å². The second kappa shape index (κ2) is 16.1. The summed E-state index contributed by atoms with van der Waals surface area (Å²) in [7, 11) is -7.71. The van der Waals surface area contributed by atoms with E-state index in [0.717, 1.165) is 64.2 Å². The predicted octanol–water partition coefficient (Wildman–Crippen LogP) is 3.57. The van der Waals surface area contributed by atoms with Gasteiger partial charge in [-0.25, -0.2) is 8.42 Å². The molecule has 3 unspecified atom stereocenters. The van der Waals surface area contributed by atoms with E-state index in [4.69, 9.17) is 16.7 Å². The average molecular weight is 581 g/mol. The lowest BCUT2D eigenvalue weighted by atomic mass is 9.98. The SMILES string of the molecule is CC(OS(=O)(=O)CCCCCCS(=O)(=O)OCS(=O)OC1CCCCC1)S(=O)OC1CCCCC1. The summed E-state index contributed by atoms with van der Waals surface area (Å²) in [5.74, 6) is -1.01. The standard InChI is InChI=1S/C21H40O10S4/c1-19(33(23)30-21-14-8-5-9-15-21)31-35(26,27)17-11-3-2-10-16-34(24,25)28-18-32(22)29-20-12-6-4-7-13-20/h19-21H,2-18H2,1H3. The van der Waals surface area contributed by atoms with Gasteiger partial charge in [0.25, 0.3) is 20.2 Å². The highest BCUT2D eigenvalue weighted by molar-refractivity contribution is 7.88. The van der Waals surface area contributed by atoms with Gasteiger partial charge >= 0.3 is 0 Å². The molecular weight excluding hydrogens is 540 g/mol. The van der Waals surface area contributed by atoms with E-state index in [1.807, 2.05) is 0 Å². The lowest BCUT2D eigenvalue weighted by Crippen LogP contribution is -2.27. The van der Waals surface area contributed by atoms with Crippen molar-refractivity contribution in [3.8, 4) is 0 Å². The highest BCUT2D eigenvalue weighted by atomic mass is 32.2. The molecule has 2 aliphatic rings. The van der Waals surface area contributed by atoms with Gasteiger partial charge in [0.1, 0.15) is 0 Å². The van der Waals surface area contributed by atoms with E-state index in [9.17, 15) is 25.3 Å². The quantitative estimate of drug-likeness (QED) is 0.185. The van der Waals surface area contributed by atoms with E-state index in [0.29, 0.717) is 12.8 Å². The molecule has 0 radical (unpaired) electrons. The summed E-state index contributed by atoms with van der Waals surface area (Å²) in [6.45, 7) is 1.41. The fourth-order valence-corrected chi connectivity index (χ4v) is 8.51. The van der Waals surface area contributed by atoms with Crippen molar-refractivity contribution in [3.05, 3.63) is 0 Å². The Kier molecular flexibility index (Phi) is 14.4. The summed E-state index contributed by atoms with van der Waals surface area (Å²) in [4.78, 5) is 0. The smallest absolute Gasteiger partial charge is 0.268 e. The second-order valence-electron chi connectivity index (χ2n) is 9.11. The van der Waals surface area contributed by atoms with Gasteiger partial charge < -0.3 is 0 Å². The zero-order valence-corrected chi connectivity index (χ0v) is 23.7. The van der Waals surface area contributed by atoms with Gasteiger partial charge in [-0.1, -0.05) is 51.4 Å². The van der Waals surface area contributed by atoms with E-state index in [2.05, 4.69) is 0 Å². The lowest BCUT2D eigenvalue weighted by Gasteiger charge is -2.22. The fraction of sp³-hybridized carbons (Fsp3) is 1.00. The molecule has 0 aromatic rings. The highest BCUT2D eigenvalue weighted by Crippen LogP contribution is 2.23. The van der Waals surface area contributed by atoms with Crippen LogP contribution in [-0.4, -0.2) is 60.3 Å².